The van der Waals surface area contributed by atoms with Crippen LogP contribution in [0, 0.1) is 0 Å². The Morgan fingerprint density at radius 3 is 2.64 bits per heavy atom. The van der Waals surface area contributed by atoms with Crippen molar-refractivity contribution in [2.45, 2.75) is 50.9 Å². The van der Waals surface area contributed by atoms with Gasteiger partial charge < -0.3 is 4.74 Å². The van der Waals surface area contributed by atoms with Crippen molar-refractivity contribution in [3.05, 3.63) is 0 Å². The first-order valence-electron chi connectivity index (χ1n) is 5.75. The van der Waals surface area contributed by atoms with E-state index >= 15 is 0 Å². The third-order valence-corrected chi connectivity index (χ3v) is 3.71. The molecule has 14 heavy (non-hydrogen) atoms. The number of rotatable bonds is 2. The highest BCUT2D eigenvalue weighted by molar-refractivity contribution is 6.18. The van der Waals surface area contributed by atoms with Crippen molar-refractivity contribution in [2.75, 3.05) is 19.0 Å². The van der Waals surface area contributed by atoms with Gasteiger partial charge in [0, 0.05) is 25.0 Å². The average Bonchev–Trinajstić information content (AvgIpc) is 2.69. The molecular formula is C11H20ClNO. The van der Waals surface area contributed by atoms with Gasteiger partial charge in [0.15, 0.2) is 0 Å². The number of halogens is 1. The van der Waals surface area contributed by atoms with Crippen LogP contribution >= 0.6 is 11.6 Å². The predicted molar refractivity (Wildman–Crippen MR) is 58.9 cm³/mol. The molecule has 2 nitrogen and oxygen atoms in total. The molecule has 0 aromatic heterocycles. The van der Waals surface area contributed by atoms with E-state index in [9.17, 15) is 0 Å². The van der Waals surface area contributed by atoms with Crippen molar-refractivity contribution in [1.82, 2.24) is 4.90 Å². The van der Waals surface area contributed by atoms with Crippen LogP contribution in [-0.4, -0.2) is 42.1 Å². The fourth-order valence-electron chi connectivity index (χ4n) is 2.73. The molecule has 1 aliphatic carbocycles. The van der Waals surface area contributed by atoms with Gasteiger partial charge in [-0.1, -0.05) is 12.8 Å². The summed E-state index contributed by atoms with van der Waals surface area (Å²) in [6.07, 6.45) is 6.17. The second-order valence-electron chi connectivity index (χ2n) is 4.62. The Kier molecular flexibility index (Phi) is 3.69. The molecule has 2 aliphatic rings. The molecule has 3 heteroatoms. The van der Waals surface area contributed by atoms with Gasteiger partial charge in [0.2, 0.25) is 0 Å². The molecule has 0 bridgehead atoms. The summed E-state index contributed by atoms with van der Waals surface area (Å²) >= 11 is 5.87. The van der Waals surface area contributed by atoms with Crippen molar-refractivity contribution >= 4 is 11.6 Å². The van der Waals surface area contributed by atoms with Crippen LogP contribution in [0.25, 0.3) is 0 Å². The minimum atomic E-state index is 0.251. The third kappa shape index (κ3) is 2.41. The molecule has 1 heterocycles. The third-order valence-electron chi connectivity index (χ3n) is 3.37. The second-order valence-corrected chi connectivity index (χ2v) is 4.92. The number of nitrogens with zero attached hydrogens (tertiary/aromatic N) is 1. The first kappa shape index (κ1) is 10.7. The van der Waals surface area contributed by atoms with E-state index < -0.39 is 0 Å². The molecule has 1 saturated carbocycles. The van der Waals surface area contributed by atoms with E-state index in [1.165, 1.54) is 25.7 Å². The molecule has 0 aromatic carbocycles. The van der Waals surface area contributed by atoms with E-state index in [4.69, 9.17) is 16.3 Å². The number of ether oxygens (including phenoxy) is 1. The fraction of sp³-hybridized carbons (Fsp3) is 1.00. The lowest BCUT2D eigenvalue weighted by Gasteiger charge is -2.39. The lowest BCUT2D eigenvalue weighted by atomic mass is 10.1. The molecule has 0 N–H and O–H groups in total. The molecule has 1 saturated heterocycles. The topological polar surface area (TPSA) is 12.5 Å². The van der Waals surface area contributed by atoms with Gasteiger partial charge in [-0.15, -0.1) is 11.6 Å². The van der Waals surface area contributed by atoms with E-state index in [-0.39, 0.29) is 6.10 Å². The highest BCUT2D eigenvalue weighted by Gasteiger charge is 2.30. The monoisotopic (exact) mass is 217 g/mol. The van der Waals surface area contributed by atoms with Crippen LogP contribution in [0.5, 0.6) is 0 Å². The van der Waals surface area contributed by atoms with E-state index in [0.717, 1.165) is 19.1 Å². The zero-order valence-electron chi connectivity index (χ0n) is 8.92. The molecule has 0 radical (unpaired) electrons. The lowest BCUT2D eigenvalue weighted by Crippen LogP contribution is -2.50. The molecule has 2 unspecified atom stereocenters. The van der Waals surface area contributed by atoms with Crippen molar-refractivity contribution < 1.29 is 4.74 Å². The summed E-state index contributed by atoms with van der Waals surface area (Å²) in [5, 5.41) is 0. The Morgan fingerprint density at radius 1 is 1.29 bits per heavy atom. The van der Waals surface area contributed by atoms with E-state index in [1.54, 1.807) is 0 Å². The van der Waals surface area contributed by atoms with Crippen molar-refractivity contribution in [1.29, 1.82) is 0 Å². The van der Waals surface area contributed by atoms with Crippen molar-refractivity contribution in [3.8, 4) is 0 Å². The summed E-state index contributed by atoms with van der Waals surface area (Å²) in [5.74, 6) is 0.633. The zero-order valence-corrected chi connectivity index (χ0v) is 9.67. The SMILES string of the molecule is CC1CN(C2CCCC2)CC(CCl)O1. The molecule has 0 amide bonds. The van der Waals surface area contributed by atoms with Crippen LogP contribution < -0.4 is 0 Å². The van der Waals surface area contributed by atoms with Crippen molar-refractivity contribution in [2.24, 2.45) is 0 Å². The molecule has 2 fully saturated rings. The largest absolute Gasteiger partial charge is 0.371 e. The molecule has 2 atom stereocenters. The Bertz CT molecular complexity index is 182. The van der Waals surface area contributed by atoms with E-state index in [1.807, 2.05) is 0 Å². The normalized spacial score (nSPS) is 36.4. The Hall–Kier alpha value is 0.210. The van der Waals surface area contributed by atoms with Crippen LogP contribution in [0.1, 0.15) is 32.6 Å². The Labute approximate surface area is 91.6 Å². The number of alkyl halides is 1. The zero-order chi connectivity index (χ0) is 9.97. The predicted octanol–water partition coefficient (Wildman–Crippen LogP) is 2.26. The lowest BCUT2D eigenvalue weighted by molar-refractivity contribution is -0.0780. The average molecular weight is 218 g/mol. The van der Waals surface area contributed by atoms with E-state index in [2.05, 4.69) is 11.8 Å². The van der Waals surface area contributed by atoms with Crippen LogP contribution in [0.3, 0.4) is 0 Å². The summed E-state index contributed by atoms with van der Waals surface area (Å²) in [7, 11) is 0. The highest BCUT2D eigenvalue weighted by atomic mass is 35.5. The van der Waals surface area contributed by atoms with Gasteiger partial charge in [-0.05, 0) is 19.8 Å². The maximum absolute atomic E-state index is 5.87. The maximum atomic E-state index is 5.87. The van der Waals surface area contributed by atoms with Crippen LogP contribution in [-0.2, 0) is 4.74 Å². The minimum Gasteiger partial charge on any atom is -0.371 e. The van der Waals surface area contributed by atoms with Crippen molar-refractivity contribution in [3.63, 3.8) is 0 Å². The summed E-state index contributed by atoms with van der Waals surface area (Å²) in [6, 6.07) is 0.812. The second kappa shape index (κ2) is 4.82. The highest BCUT2D eigenvalue weighted by Crippen LogP contribution is 2.26. The Morgan fingerprint density at radius 2 is 2.00 bits per heavy atom. The van der Waals surface area contributed by atoms with Gasteiger partial charge >= 0.3 is 0 Å². The summed E-state index contributed by atoms with van der Waals surface area (Å²) < 4.78 is 5.75. The fourth-order valence-corrected chi connectivity index (χ4v) is 2.90. The van der Waals surface area contributed by atoms with Gasteiger partial charge in [0.1, 0.15) is 0 Å². The summed E-state index contributed by atoms with van der Waals surface area (Å²) in [4.78, 5) is 2.59. The van der Waals surface area contributed by atoms with Gasteiger partial charge in [0.25, 0.3) is 0 Å². The molecular weight excluding hydrogens is 198 g/mol. The van der Waals surface area contributed by atoms with Gasteiger partial charge in [-0.2, -0.15) is 0 Å². The van der Waals surface area contributed by atoms with Crippen LogP contribution in [0.4, 0.5) is 0 Å². The number of hydrogen-bond donors (Lipinski definition) is 0. The molecule has 82 valence electrons. The molecule has 1 aliphatic heterocycles. The van der Waals surface area contributed by atoms with Gasteiger partial charge in [-0.25, -0.2) is 0 Å². The number of morpholine rings is 1. The summed E-state index contributed by atoms with van der Waals surface area (Å²) in [6.45, 7) is 4.29. The maximum Gasteiger partial charge on any atom is 0.0841 e. The quantitative estimate of drug-likeness (QED) is 0.658. The van der Waals surface area contributed by atoms with Crippen LogP contribution in [0.15, 0.2) is 0 Å². The number of hydrogen-bond acceptors (Lipinski definition) is 2. The van der Waals surface area contributed by atoms with Gasteiger partial charge in [0.05, 0.1) is 12.2 Å². The standard InChI is InChI=1S/C11H20ClNO/c1-9-7-13(8-11(6-12)14-9)10-4-2-3-5-10/h9-11H,2-8H2,1H3. The first-order valence-corrected chi connectivity index (χ1v) is 6.28. The van der Waals surface area contributed by atoms with Gasteiger partial charge in [-0.3, -0.25) is 4.90 Å². The molecule has 0 aromatic rings. The van der Waals surface area contributed by atoms with E-state index in [0.29, 0.717) is 12.0 Å². The summed E-state index contributed by atoms with van der Waals surface area (Å²) in [5.41, 5.74) is 0. The molecule has 2 rings (SSSR count). The Balaban J connectivity index is 1.90. The minimum absolute atomic E-state index is 0.251. The van der Waals surface area contributed by atoms with Crippen LogP contribution in [0.2, 0.25) is 0 Å². The molecule has 0 spiro atoms. The first-order chi connectivity index (χ1) is 6.79. The smallest absolute Gasteiger partial charge is 0.0841 e.